The third kappa shape index (κ3) is 4.10. The van der Waals surface area contributed by atoms with E-state index in [2.05, 4.69) is 27.0 Å². The molecule has 3 nitrogen and oxygen atoms in total. The highest BCUT2D eigenvalue weighted by molar-refractivity contribution is 9.10. The van der Waals surface area contributed by atoms with Gasteiger partial charge < -0.3 is 4.74 Å². The Morgan fingerprint density at radius 3 is 2.72 bits per heavy atom. The molecule has 25 heavy (non-hydrogen) atoms. The molecule has 0 fully saturated rings. The molecule has 3 rings (SSSR count). The number of benzene rings is 2. The van der Waals surface area contributed by atoms with E-state index in [0.29, 0.717) is 21.4 Å². The fourth-order valence-corrected chi connectivity index (χ4v) is 3.57. The second-order valence-electron chi connectivity index (χ2n) is 5.10. The quantitative estimate of drug-likeness (QED) is 0.455. The third-order valence-corrected chi connectivity index (χ3v) is 5.11. The molecule has 0 atom stereocenters. The summed E-state index contributed by atoms with van der Waals surface area (Å²) in [5.74, 6) is 0.699. The van der Waals surface area contributed by atoms with E-state index in [0.717, 1.165) is 21.3 Å². The van der Waals surface area contributed by atoms with Crippen LogP contribution in [0.15, 0.2) is 52.3 Å². The first kappa shape index (κ1) is 17.7. The fraction of sp³-hybridized carbons (Fsp3) is 0.0526. The highest BCUT2D eigenvalue weighted by Gasteiger charge is 2.11. The van der Waals surface area contributed by atoms with Crippen LogP contribution in [0.1, 0.15) is 10.6 Å². The summed E-state index contributed by atoms with van der Waals surface area (Å²) in [6.07, 6.45) is 1.79. The van der Waals surface area contributed by atoms with Gasteiger partial charge in [-0.15, -0.1) is 11.3 Å². The number of ether oxygens (including phenoxy) is 1. The molecular formula is C19H12BrClN2OS. The molecule has 2 aromatic carbocycles. The van der Waals surface area contributed by atoms with Crippen molar-refractivity contribution < 1.29 is 4.74 Å². The van der Waals surface area contributed by atoms with E-state index >= 15 is 0 Å². The molecule has 0 saturated carbocycles. The summed E-state index contributed by atoms with van der Waals surface area (Å²) in [5, 5.41) is 12.8. The van der Waals surface area contributed by atoms with Crippen molar-refractivity contribution in [2.45, 2.75) is 0 Å². The predicted octanol–water partition coefficient (Wildman–Crippen LogP) is 6.30. The van der Waals surface area contributed by atoms with Gasteiger partial charge in [-0.25, -0.2) is 4.98 Å². The Morgan fingerprint density at radius 1 is 1.28 bits per heavy atom. The van der Waals surface area contributed by atoms with Crippen LogP contribution in [0, 0.1) is 11.3 Å². The summed E-state index contributed by atoms with van der Waals surface area (Å²) in [7, 11) is 1.61. The lowest BCUT2D eigenvalue weighted by Gasteiger charge is -2.05. The number of thiazole rings is 1. The van der Waals surface area contributed by atoms with Crippen molar-refractivity contribution in [3.8, 4) is 23.1 Å². The van der Waals surface area contributed by atoms with Crippen molar-refractivity contribution in [1.82, 2.24) is 4.98 Å². The predicted molar refractivity (Wildman–Crippen MR) is 107 cm³/mol. The number of hydrogen-bond acceptors (Lipinski definition) is 4. The number of rotatable bonds is 4. The van der Waals surface area contributed by atoms with E-state index in [-0.39, 0.29) is 0 Å². The molecule has 3 aromatic rings. The maximum Gasteiger partial charge on any atom is 0.134 e. The molecular weight excluding hydrogens is 420 g/mol. The summed E-state index contributed by atoms with van der Waals surface area (Å²) in [6, 6.07) is 15.3. The molecule has 124 valence electrons. The van der Waals surface area contributed by atoms with Gasteiger partial charge >= 0.3 is 0 Å². The number of nitrogens with zero attached hydrogens (tertiary/aromatic N) is 2. The van der Waals surface area contributed by atoms with Crippen LogP contribution in [0.2, 0.25) is 5.02 Å². The lowest BCUT2D eigenvalue weighted by Crippen LogP contribution is -1.88. The summed E-state index contributed by atoms with van der Waals surface area (Å²) in [4.78, 5) is 4.59. The molecule has 1 heterocycles. The Labute approximate surface area is 163 Å². The van der Waals surface area contributed by atoms with E-state index in [1.54, 1.807) is 13.2 Å². The molecule has 0 N–H and O–H groups in total. The zero-order chi connectivity index (χ0) is 17.8. The SMILES string of the molecule is COc1ccc(Br)cc1/C=C(/C#N)c1nc(-c2ccc(Cl)cc2)cs1. The van der Waals surface area contributed by atoms with Crippen LogP contribution in [0.5, 0.6) is 5.75 Å². The summed E-state index contributed by atoms with van der Waals surface area (Å²) < 4.78 is 6.28. The number of halogens is 2. The fourth-order valence-electron chi connectivity index (χ4n) is 2.27. The Bertz CT molecular complexity index is 974. The first-order valence-corrected chi connectivity index (χ1v) is 9.33. The smallest absolute Gasteiger partial charge is 0.134 e. The van der Waals surface area contributed by atoms with Gasteiger partial charge in [0.15, 0.2) is 0 Å². The molecule has 1 aromatic heterocycles. The van der Waals surface area contributed by atoms with E-state index in [1.165, 1.54) is 11.3 Å². The van der Waals surface area contributed by atoms with Gasteiger partial charge in [-0.1, -0.05) is 39.7 Å². The average Bonchev–Trinajstić information content (AvgIpc) is 3.10. The van der Waals surface area contributed by atoms with E-state index in [1.807, 2.05) is 47.8 Å². The zero-order valence-corrected chi connectivity index (χ0v) is 16.3. The third-order valence-electron chi connectivity index (χ3n) is 3.49. The lowest BCUT2D eigenvalue weighted by atomic mass is 10.1. The Hall–Kier alpha value is -2.13. The van der Waals surface area contributed by atoms with Crippen molar-refractivity contribution >= 4 is 50.5 Å². The maximum atomic E-state index is 9.57. The van der Waals surface area contributed by atoms with Crippen molar-refractivity contribution in [2.75, 3.05) is 7.11 Å². The van der Waals surface area contributed by atoms with Crippen molar-refractivity contribution in [3.05, 3.63) is 67.9 Å². The normalized spacial score (nSPS) is 11.2. The molecule has 0 unspecified atom stereocenters. The standard InChI is InChI=1S/C19H12BrClN2OS/c1-24-18-7-4-15(20)9-13(18)8-14(10-22)19-23-17(11-25-19)12-2-5-16(21)6-3-12/h2-9,11H,1H3/b14-8-. The maximum absolute atomic E-state index is 9.57. The molecule has 0 spiro atoms. The van der Waals surface area contributed by atoms with E-state index in [4.69, 9.17) is 16.3 Å². The lowest BCUT2D eigenvalue weighted by molar-refractivity contribution is 0.414. The van der Waals surface area contributed by atoms with Crippen LogP contribution in [-0.2, 0) is 0 Å². The van der Waals surface area contributed by atoms with Crippen LogP contribution in [0.3, 0.4) is 0 Å². The molecule has 0 aliphatic rings. The van der Waals surface area contributed by atoms with Gasteiger partial charge in [0.05, 0.1) is 18.4 Å². The Kier molecular flexibility index (Phi) is 5.54. The van der Waals surface area contributed by atoms with Crippen LogP contribution in [0.25, 0.3) is 22.9 Å². The van der Waals surface area contributed by atoms with Crippen molar-refractivity contribution in [3.63, 3.8) is 0 Å². The molecule has 0 aliphatic carbocycles. The largest absolute Gasteiger partial charge is 0.496 e. The monoisotopic (exact) mass is 430 g/mol. The van der Waals surface area contributed by atoms with Gasteiger partial charge in [0.25, 0.3) is 0 Å². The minimum atomic E-state index is 0.488. The first-order chi connectivity index (χ1) is 12.1. The summed E-state index contributed by atoms with van der Waals surface area (Å²) >= 11 is 10.8. The van der Waals surface area contributed by atoms with Gasteiger partial charge in [-0.3, -0.25) is 0 Å². The highest BCUT2D eigenvalue weighted by Crippen LogP contribution is 2.31. The summed E-state index contributed by atoms with van der Waals surface area (Å²) in [6.45, 7) is 0. The van der Waals surface area contributed by atoms with Gasteiger partial charge in [-0.2, -0.15) is 5.26 Å². The zero-order valence-electron chi connectivity index (χ0n) is 13.2. The Morgan fingerprint density at radius 2 is 2.04 bits per heavy atom. The van der Waals surface area contributed by atoms with Gasteiger partial charge in [-0.05, 0) is 36.4 Å². The van der Waals surface area contributed by atoms with Crippen LogP contribution >= 0.6 is 38.9 Å². The molecule has 6 heteroatoms. The van der Waals surface area contributed by atoms with Crippen LogP contribution < -0.4 is 4.74 Å². The first-order valence-electron chi connectivity index (χ1n) is 7.28. The number of allylic oxidation sites excluding steroid dienone is 1. The number of aromatic nitrogens is 1. The second kappa shape index (κ2) is 7.83. The highest BCUT2D eigenvalue weighted by atomic mass is 79.9. The average molecular weight is 432 g/mol. The van der Waals surface area contributed by atoms with Crippen molar-refractivity contribution in [1.29, 1.82) is 5.26 Å². The Balaban J connectivity index is 1.99. The molecule has 0 amide bonds. The van der Waals surface area contributed by atoms with Gasteiger partial charge in [0.1, 0.15) is 16.8 Å². The molecule has 0 bridgehead atoms. The summed E-state index contributed by atoms with van der Waals surface area (Å²) in [5.41, 5.74) is 3.08. The van der Waals surface area contributed by atoms with Crippen LogP contribution in [0.4, 0.5) is 0 Å². The minimum Gasteiger partial charge on any atom is -0.496 e. The number of nitriles is 1. The topological polar surface area (TPSA) is 45.9 Å². The molecule has 0 saturated heterocycles. The number of methoxy groups -OCH3 is 1. The molecule has 0 aliphatic heterocycles. The van der Waals surface area contributed by atoms with Crippen LogP contribution in [-0.4, -0.2) is 12.1 Å². The van der Waals surface area contributed by atoms with Gasteiger partial charge in [0.2, 0.25) is 0 Å². The molecule has 0 radical (unpaired) electrons. The minimum absolute atomic E-state index is 0.488. The van der Waals surface area contributed by atoms with E-state index in [9.17, 15) is 5.26 Å². The van der Waals surface area contributed by atoms with Gasteiger partial charge in [0, 0.05) is 26.0 Å². The van der Waals surface area contributed by atoms with Crippen molar-refractivity contribution in [2.24, 2.45) is 0 Å². The van der Waals surface area contributed by atoms with E-state index < -0.39 is 0 Å². The second-order valence-corrected chi connectivity index (χ2v) is 7.31. The number of hydrogen-bond donors (Lipinski definition) is 0.